The van der Waals surface area contributed by atoms with Crippen molar-refractivity contribution in [1.29, 1.82) is 0 Å². The Labute approximate surface area is 182 Å². The van der Waals surface area contributed by atoms with Crippen LogP contribution in [0.25, 0.3) is 0 Å². The Morgan fingerprint density at radius 2 is 1.53 bits per heavy atom. The SMILES string of the molecule is COC(=O)C1(F)OC(C(OC(C)=O)C(COC(C)=O)OC(C)=O)C(C)C(OC(C)=O)C1F. The van der Waals surface area contributed by atoms with E-state index in [0.717, 1.165) is 34.8 Å². The average molecular weight is 468 g/mol. The lowest BCUT2D eigenvalue weighted by Gasteiger charge is -2.46. The van der Waals surface area contributed by atoms with Crippen LogP contribution in [0.1, 0.15) is 34.6 Å². The summed E-state index contributed by atoms with van der Waals surface area (Å²) in [5.41, 5.74) is 0. The standard InChI is InChI=1S/C19H26F2O11/c1-8-14(16(31-12(5)25)13(29-10(3)23)7-28-9(2)22)32-19(21,18(26)27-6)17(20)15(8)30-11(4)24/h8,13-17H,7H2,1-6H3. The second-order valence-corrected chi connectivity index (χ2v) is 7.08. The number of alkyl halides is 2. The van der Waals surface area contributed by atoms with Gasteiger partial charge in [0, 0.05) is 33.6 Å². The fraction of sp³-hybridized carbons (Fsp3) is 0.737. The van der Waals surface area contributed by atoms with Crippen LogP contribution in [-0.4, -0.2) is 80.0 Å². The molecule has 1 saturated heterocycles. The fourth-order valence-electron chi connectivity index (χ4n) is 3.21. The molecule has 0 bridgehead atoms. The first kappa shape index (κ1) is 27.2. The van der Waals surface area contributed by atoms with Crippen molar-refractivity contribution in [3.8, 4) is 0 Å². The Hall–Kier alpha value is -2.83. The molecule has 7 atom stereocenters. The maximum absolute atomic E-state index is 15.4. The predicted octanol–water partition coefficient (Wildman–Crippen LogP) is 0.556. The Kier molecular flexibility index (Phi) is 9.49. The number of carbonyl (C=O) groups is 5. The first-order chi connectivity index (χ1) is 14.7. The largest absolute Gasteiger partial charge is 0.465 e. The molecule has 11 nitrogen and oxygen atoms in total. The fourth-order valence-corrected chi connectivity index (χ4v) is 3.21. The molecule has 0 N–H and O–H groups in total. The summed E-state index contributed by atoms with van der Waals surface area (Å²) < 4.78 is 59.6. The predicted molar refractivity (Wildman–Crippen MR) is 98.1 cm³/mol. The van der Waals surface area contributed by atoms with E-state index in [1.54, 1.807) is 0 Å². The van der Waals surface area contributed by atoms with E-state index in [0.29, 0.717) is 0 Å². The molecule has 0 amide bonds. The van der Waals surface area contributed by atoms with E-state index in [9.17, 15) is 28.4 Å². The number of esters is 5. The molecule has 0 spiro atoms. The highest BCUT2D eigenvalue weighted by Crippen LogP contribution is 2.41. The second kappa shape index (κ2) is 11.2. The van der Waals surface area contributed by atoms with E-state index in [1.807, 2.05) is 0 Å². The zero-order chi connectivity index (χ0) is 24.8. The van der Waals surface area contributed by atoms with Gasteiger partial charge in [0.1, 0.15) is 18.8 Å². The molecule has 0 aromatic rings. The summed E-state index contributed by atoms with van der Waals surface area (Å²) in [4.78, 5) is 58.1. The van der Waals surface area contributed by atoms with E-state index in [2.05, 4.69) is 4.74 Å². The van der Waals surface area contributed by atoms with Gasteiger partial charge in [-0.2, -0.15) is 4.39 Å². The first-order valence-electron chi connectivity index (χ1n) is 9.48. The van der Waals surface area contributed by atoms with Gasteiger partial charge in [0.15, 0.2) is 12.2 Å². The van der Waals surface area contributed by atoms with E-state index >= 15 is 4.39 Å². The molecule has 0 aromatic carbocycles. The molecule has 1 fully saturated rings. The summed E-state index contributed by atoms with van der Waals surface area (Å²) in [5.74, 6) is -10.4. The molecular weight excluding hydrogens is 442 g/mol. The van der Waals surface area contributed by atoms with Gasteiger partial charge in [0.05, 0.1) is 7.11 Å². The van der Waals surface area contributed by atoms with Crippen LogP contribution in [0.5, 0.6) is 0 Å². The molecule has 1 aliphatic rings. The van der Waals surface area contributed by atoms with Gasteiger partial charge >= 0.3 is 35.7 Å². The second-order valence-electron chi connectivity index (χ2n) is 7.08. The maximum atomic E-state index is 15.4. The van der Waals surface area contributed by atoms with Crippen molar-refractivity contribution in [3.63, 3.8) is 0 Å². The third-order valence-electron chi connectivity index (χ3n) is 4.51. The highest BCUT2D eigenvalue weighted by atomic mass is 19.2. The Balaban J connectivity index is 3.52. The number of hydrogen-bond acceptors (Lipinski definition) is 11. The van der Waals surface area contributed by atoms with E-state index in [1.165, 1.54) is 6.92 Å². The number of carbonyl (C=O) groups excluding carboxylic acids is 5. The van der Waals surface area contributed by atoms with Crippen molar-refractivity contribution in [2.75, 3.05) is 13.7 Å². The van der Waals surface area contributed by atoms with Crippen molar-refractivity contribution in [1.82, 2.24) is 0 Å². The van der Waals surface area contributed by atoms with Gasteiger partial charge in [-0.3, -0.25) is 19.2 Å². The van der Waals surface area contributed by atoms with Gasteiger partial charge in [0.25, 0.3) is 0 Å². The zero-order valence-corrected chi connectivity index (χ0v) is 18.4. The topological polar surface area (TPSA) is 141 Å². The molecule has 13 heteroatoms. The lowest BCUT2D eigenvalue weighted by molar-refractivity contribution is -0.305. The highest BCUT2D eigenvalue weighted by molar-refractivity contribution is 5.79. The van der Waals surface area contributed by atoms with Gasteiger partial charge in [-0.05, 0) is 0 Å². The van der Waals surface area contributed by atoms with E-state index in [-0.39, 0.29) is 0 Å². The van der Waals surface area contributed by atoms with Crippen LogP contribution >= 0.6 is 0 Å². The van der Waals surface area contributed by atoms with Crippen LogP contribution in [0, 0.1) is 5.92 Å². The Morgan fingerprint density at radius 3 is 1.97 bits per heavy atom. The summed E-state index contributed by atoms with van der Waals surface area (Å²) in [6.07, 6.45) is -9.62. The van der Waals surface area contributed by atoms with Gasteiger partial charge in [-0.25, -0.2) is 9.18 Å². The number of ether oxygens (including phenoxy) is 6. The number of hydrogen-bond donors (Lipinski definition) is 0. The monoisotopic (exact) mass is 468 g/mol. The quantitative estimate of drug-likeness (QED) is 0.364. The molecule has 1 aliphatic heterocycles. The van der Waals surface area contributed by atoms with Crippen LogP contribution in [0.2, 0.25) is 0 Å². The maximum Gasteiger partial charge on any atom is 0.375 e. The molecule has 0 aromatic heterocycles. The lowest BCUT2D eigenvalue weighted by Crippen LogP contribution is -2.66. The summed E-state index contributed by atoms with van der Waals surface area (Å²) in [6, 6.07) is 0. The highest BCUT2D eigenvalue weighted by Gasteiger charge is 2.64. The van der Waals surface area contributed by atoms with Crippen molar-refractivity contribution >= 4 is 29.8 Å². The Bertz CT molecular complexity index is 743. The van der Waals surface area contributed by atoms with Crippen molar-refractivity contribution in [2.45, 2.75) is 71.1 Å². The molecule has 0 radical (unpaired) electrons. The third-order valence-corrected chi connectivity index (χ3v) is 4.51. The summed E-state index contributed by atoms with van der Waals surface area (Å²) in [7, 11) is 0.777. The molecular formula is C19H26F2O11. The minimum atomic E-state index is -3.76. The van der Waals surface area contributed by atoms with Crippen molar-refractivity contribution < 1.29 is 61.2 Å². The van der Waals surface area contributed by atoms with Crippen LogP contribution in [-0.2, 0) is 52.4 Å². The van der Waals surface area contributed by atoms with Gasteiger partial charge in [0.2, 0.25) is 6.17 Å². The van der Waals surface area contributed by atoms with Crippen LogP contribution in [0.4, 0.5) is 8.78 Å². The molecule has 1 rings (SSSR count). The first-order valence-corrected chi connectivity index (χ1v) is 9.48. The molecule has 182 valence electrons. The van der Waals surface area contributed by atoms with Crippen LogP contribution < -0.4 is 0 Å². The van der Waals surface area contributed by atoms with Crippen molar-refractivity contribution in [2.24, 2.45) is 5.92 Å². The van der Waals surface area contributed by atoms with E-state index in [4.69, 9.17) is 23.7 Å². The summed E-state index contributed by atoms with van der Waals surface area (Å²) in [5, 5.41) is 0. The zero-order valence-electron chi connectivity index (χ0n) is 18.4. The molecule has 0 aliphatic carbocycles. The van der Waals surface area contributed by atoms with Gasteiger partial charge in [-0.1, -0.05) is 6.92 Å². The molecule has 32 heavy (non-hydrogen) atoms. The third kappa shape index (κ3) is 6.58. The normalized spacial score (nSPS) is 29.1. The van der Waals surface area contributed by atoms with Crippen molar-refractivity contribution in [3.05, 3.63) is 0 Å². The summed E-state index contributed by atoms with van der Waals surface area (Å²) in [6.45, 7) is 4.60. The van der Waals surface area contributed by atoms with Gasteiger partial charge < -0.3 is 28.4 Å². The molecule has 0 saturated carbocycles. The average Bonchev–Trinajstić information content (AvgIpc) is 2.68. The number of halogens is 2. The minimum Gasteiger partial charge on any atom is -0.465 e. The molecule has 7 unspecified atom stereocenters. The number of methoxy groups -OCH3 is 1. The van der Waals surface area contributed by atoms with E-state index < -0.39 is 78.8 Å². The molecule has 1 heterocycles. The van der Waals surface area contributed by atoms with Gasteiger partial charge in [-0.15, -0.1) is 0 Å². The Morgan fingerprint density at radius 1 is 0.969 bits per heavy atom. The van der Waals surface area contributed by atoms with Crippen LogP contribution in [0.15, 0.2) is 0 Å². The smallest absolute Gasteiger partial charge is 0.375 e. The number of rotatable bonds is 8. The lowest BCUT2D eigenvalue weighted by atomic mass is 9.83. The summed E-state index contributed by atoms with van der Waals surface area (Å²) >= 11 is 0. The minimum absolute atomic E-state index is 0.645. The van der Waals surface area contributed by atoms with Crippen LogP contribution in [0.3, 0.4) is 0 Å².